The van der Waals surface area contributed by atoms with Crippen LogP contribution in [0.5, 0.6) is 11.5 Å². The van der Waals surface area contributed by atoms with E-state index in [2.05, 4.69) is 12.1 Å². The molecule has 0 spiro atoms. The van der Waals surface area contributed by atoms with E-state index < -0.39 is 23.4 Å². The number of para-hydroxylation sites is 1. The van der Waals surface area contributed by atoms with Crippen molar-refractivity contribution < 1.29 is 14.3 Å². The second-order valence-corrected chi connectivity index (χ2v) is 8.47. The maximum absolute atomic E-state index is 13.0. The van der Waals surface area contributed by atoms with Gasteiger partial charge in [-0.3, -0.25) is 4.79 Å². The Hall–Kier alpha value is -3.77. The third-order valence-corrected chi connectivity index (χ3v) is 6.24. The molecule has 6 nitrogen and oxygen atoms in total. The van der Waals surface area contributed by atoms with Crippen molar-refractivity contribution >= 4 is 17.5 Å². The largest absolute Gasteiger partial charge is 0.493 e. The summed E-state index contributed by atoms with van der Waals surface area (Å²) in [5, 5.41) is 20.7. The normalized spacial score (nSPS) is 22.5. The molecule has 0 radical (unpaired) electrons. The van der Waals surface area contributed by atoms with E-state index in [1.807, 2.05) is 61.2 Å². The van der Waals surface area contributed by atoms with Crippen LogP contribution >= 0.6 is 0 Å². The first-order chi connectivity index (χ1) is 15.4. The number of nitrogens with zero attached hydrogens (tertiary/aromatic N) is 3. The predicted octanol–water partition coefficient (Wildman–Crippen LogP) is 4.47. The standard InChI is InChI=1S/C26H25N3O3/c1-16(2)32-21-11-9-19(13-22(21)31-4)24-25(17(3)30)29-20-8-6-5-7-18(20)10-12-23(29)26(24,14-27)15-28/h5-13,16,23-25H,1-4H3/t23-,24-,25-/m1/s1. The van der Waals surface area contributed by atoms with Crippen molar-refractivity contribution in [1.82, 2.24) is 0 Å². The molecule has 2 aliphatic rings. The van der Waals surface area contributed by atoms with Gasteiger partial charge in [-0.25, -0.2) is 0 Å². The maximum atomic E-state index is 13.0. The van der Waals surface area contributed by atoms with Gasteiger partial charge in [-0.15, -0.1) is 0 Å². The number of ether oxygens (including phenoxy) is 2. The predicted molar refractivity (Wildman–Crippen MR) is 121 cm³/mol. The Morgan fingerprint density at radius 1 is 1.12 bits per heavy atom. The van der Waals surface area contributed by atoms with Gasteiger partial charge in [0, 0.05) is 11.6 Å². The lowest BCUT2D eigenvalue weighted by Crippen LogP contribution is -2.43. The number of rotatable bonds is 5. The summed E-state index contributed by atoms with van der Waals surface area (Å²) in [5.74, 6) is 0.312. The lowest BCUT2D eigenvalue weighted by atomic mass is 9.69. The molecule has 1 saturated heterocycles. The molecule has 2 heterocycles. The summed E-state index contributed by atoms with van der Waals surface area (Å²) in [6.07, 6.45) is 3.76. The van der Waals surface area contributed by atoms with E-state index in [1.165, 1.54) is 6.92 Å². The Bertz CT molecular complexity index is 1160. The van der Waals surface area contributed by atoms with Crippen LogP contribution in [0.25, 0.3) is 6.08 Å². The molecule has 6 heteroatoms. The summed E-state index contributed by atoms with van der Waals surface area (Å²) < 4.78 is 11.4. The molecule has 4 rings (SSSR count). The van der Waals surface area contributed by atoms with Crippen LogP contribution in [0.1, 0.15) is 37.8 Å². The monoisotopic (exact) mass is 427 g/mol. The zero-order chi connectivity index (χ0) is 23.0. The van der Waals surface area contributed by atoms with Crippen molar-refractivity contribution in [3.63, 3.8) is 0 Å². The number of carbonyl (C=O) groups is 1. The number of anilines is 1. The van der Waals surface area contributed by atoms with Crippen molar-refractivity contribution in [3.8, 4) is 23.6 Å². The molecule has 2 aromatic carbocycles. The van der Waals surface area contributed by atoms with Gasteiger partial charge in [0.1, 0.15) is 0 Å². The van der Waals surface area contributed by atoms with E-state index in [0.717, 1.165) is 11.3 Å². The Morgan fingerprint density at radius 3 is 2.47 bits per heavy atom. The van der Waals surface area contributed by atoms with Crippen LogP contribution in [0.3, 0.4) is 0 Å². The molecule has 2 aliphatic heterocycles. The number of nitriles is 2. The van der Waals surface area contributed by atoms with Gasteiger partial charge in [-0.05, 0) is 50.1 Å². The topological polar surface area (TPSA) is 86.4 Å². The second-order valence-electron chi connectivity index (χ2n) is 8.47. The fourth-order valence-corrected chi connectivity index (χ4v) is 4.99. The molecule has 0 bridgehead atoms. The van der Waals surface area contributed by atoms with E-state index in [-0.39, 0.29) is 11.9 Å². The van der Waals surface area contributed by atoms with E-state index in [1.54, 1.807) is 19.2 Å². The lowest BCUT2D eigenvalue weighted by molar-refractivity contribution is -0.118. The van der Waals surface area contributed by atoms with E-state index in [0.29, 0.717) is 17.1 Å². The number of carbonyl (C=O) groups excluding carboxylic acids is 1. The molecule has 0 aliphatic carbocycles. The summed E-state index contributed by atoms with van der Waals surface area (Å²) in [7, 11) is 1.55. The van der Waals surface area contributed by atoms with E-state index in [9.17, 15) is 15.3 Å². The van der Waals surface area contributed by atoms with Crippen LogP contribution in [0, 0.1) is 28.1 Å². The van der Waals surface area contributed by atoms with Gasteiger partial charge in [0.25, 0.3) is 0 Å². The number of hydrogen-bond acceptors (Lipinski definition) is 6. The number of Topliss-reactive ketones (excluding diaryl/α,β-unsaturated/α-hetero) is 1. The summed E-state index contributed by atoms with van der Waals surface area (Å²) in [5.41, 5.74) is 1.05. The summed E-state index contributed by atoms with van der Waals surface area (Å²) in [6.45, 7) is 5.37. The molecule has 0 aromatic heterocycles. The van der Waals surface area contributed by atoms with Gasteiger partial charge in [0.15, 0.2) is 22.7 Å². The van der Waals surface area contributed by atoms with Crippen molar-refractivity contribution in [1.29, 1.82) is 10.5 Å². The van der Waals surface area contributed by atoms with Crippen molar-refractivity contribution in [2.45, 2.75) is 44.9 Å². The molecular weight excluding hydrogens is 402 g/mol. The Balaban J connectivity index is 1.93. The highest BCUT2D eigenvalue weighted by Gasteiger charge is 2.62. The molecule has 0 amide bonds. The van der Waals surface area contributed by atoms with Crippen LogP contribution in [-0.2, 0) is 4.79 Å². The van der Waals surface area contributed by atoms with Crippen LogP contribution in [-0.4, -0.2) is 31.1 Å². The van der Waals surface area contributed by atoms with E-state index in [4.69, 9.17) is 9.47 Å². The molecule has 162 valence electrons. The van der Waals surface area contributed by atoms with Crippen molar-refractivity contribution in [2.24, 2.45) is 5.41 Å². The smallest absolute Gasteiger partial charge is 0.176 e. The maximum Gasteiger partial charge on any atom is 0.176 e. The number of benzene rings is 2. The first kappa shape index (κ1) is 21.5. The zero-order valence-corrected chi connectivity index (χ0v) is 18.6. The summed E-state index contributed by atoms with van der Waals surface area (Å²) >= 11 is 0. The van der Waals surface area contributed by atoms with Gasteiger partial charge in [-0.1, -0.05) is 36.4 Å². The minimum Gasteiger partial charge on any atom is -0.493 e. The third kappa shape index (κ3) is 3.11. The van der Waals surface area contributed by atoms with Crippen molar-refractivity contribution in [3.05, 3.63) is 59.7 Å². The molecule has 2 aromatic rings. The third-order valence-electron chi connectivity index (χ3n) is 6.24. The SMILES string of the molecule is COc1cc([C@@H]2[C@@H](C(C)=O)N3c4ccccc4C=C[C@@H]3C2(C#N)C#N)ccc1OC(C)C. The van der Waals surface area contributed by atoms with Gasteiger partial charge in [-0.2, -0.15) is 10.5 Å². The highest BCUT2D eigenvalue weighted by Crippen LogP contribution is 2.55. The molecule has 0 N–H and O–H groups in total. The minimum atomic E-state index is -1.45. The van der Waals surface area contributed by atoms with Gasteiger partial charge in [0.2, 0.25) is 0 Å². The number of hydrogen-bond donors (Lipinski definition) is 0. The van der Waals surface area contributed by atoms with Crippen LogP contribution in [0.15, 0.2) is 48.5 Å². The first-order valence-electron chi connectivity index (χ1n) is 10.6. The summed E-state index contributed by atoms with van der Waals surface area (Å²) in [4.78, 5) is 15.0. The highest BCUT2D eigenvalue weighted by molar-refractivity contribution is 5.91. The average molecular weight is 428 g/mol. The first-order valence-corrected chi connectivity index (χ1v) is 10.6. The Labute approximate surface area is 188 Å². The molecule has 3 atom stereocenters. The number of methoxy groups -OCH3 is 1. The van der Waals surface area contributed by atoms with Crippen LogP contribution < -0.4 is 14.4 Å². The number of fused-ring (bicyclic) bond motifs is 3. The van der Waals surface area contributed by atoms with E-state index >= 15 is 0 Å². The Kier molecular flexibility index (Phi) is 5.40. The summed E-state index contributed by atoms with van der Waals surface area (Å²) in [6, 6.07) is 16.5. The minimum absolute atomic E-state index is 0.0425. The van der Waals surface area contributed by atoms with Gasteiger partial charge >= 0.3 is 0 Å². The van der Waals surface area contributed by atoms with Gasteiger partial charge in [0.05, 0.1) is 37.4 Å². The molecule has 1 fully saturated rings. The van der Waals surface area contributed by atoms with Gasteiger partial charge < -0.3 is 14.4 Å². The fourth-order valence-electron chi connectivity index (χ4n) is 4.99. The average Bonchev–Trinajstić information content (AvgIpc) is 3.10. The van der Waals surface area contributed by atoms with Crippen molar-refractivity contribution in [2.75, 3.05) is 12.0 Å². The highest BCUT2D eigenvalue weighted by atomic mass is 16.5. The zero-order valence-electron chi connectivity index (χ0n) is 18.6. The molecule has 0 saturated carbocycles. The van der Waals surface area contributed by atoms with Crippen LogP contribution in [0.4, 0.5) is 5.69 Å². The molecule has 32 heavy (non-hydrogen) atoms. The fraction of sp³-hybridized carbons (Fsp3) is 0.346. The lowest BCUT2D eigenvalue weighted by Gasteiger charge is -2.35. The second kappa shape index (κ2) is 8.05. The van der Waals surface area contributed by atoms with Crippen LogP contribution in [0.2, 0.25) is 0 Å². The quantitative estimate of drug-likeness (QED) is 0.700. The Morgan fingerprint density at radius 2 is 1.84 bits per heavy atom. The number of ketones is 1. The molecular formula is C26H25N3O3. The molecule has 0 unspecified atom stereocenters.